The molecule has 1 saturated heterocycles. The van der Waals surface area contributed by atoms with Crippen molar-refractivity contribution < 1.29 is 33.6 Å². The molecule has 0 unspecified atom stereocenters. The summed E-state index contributed by atoms with van der Waals surface area (Å²) in [5.41, 5.74) is 0.115. The molecule has 12 heteroatoms. The predicted molar refractivity (Wildman–Crippen MR) is 151 cm³/mol. The average Bonchev–Trinajstić information content (AvgIpc) is 3.70. The monoisotopic (exact) mass is 601 g/mol. The summed E-state index contributed by atoms with van der Waals surface area (Å²) in [4.78, 5) is 77.0. The standard InChI is InChI=1S/C31H24ClN3O8/c32-24-4-2-1-3-23(24)28(37)33(34-29(38)26-19-5-6-20(15-19)27(26)30(34)39)16-25(36)17-9-13-22(14-10-17)43-31(40)18-7-11-21(12-8-18)35(41)42/h1-4,7-14,19-20,26-27H,5-6,15-16H2/t19-,20-,26-,27+/m0/s1. The molecule has 0 spiro atoms. The molecule has 218 valence electrons. The lowest BCUT2D eigenvalue weighted by Crippen LogP contribution is -2.52. The molecular weight excluding hydrogens is 578 g/mol. The maximum atomic E-state index is 13.7. The molecule has 0 aromatic heterocycles. The number of fused-ring (bicyclic) bond motifs is 5. The number of esters is 1. The van der Waals surface area contributed by atoms with E-state index in [9.17, 15) is 34.1 Å². The number of nitro groups is 1. The van der Waals surface area contributed by atoms with Gasteiger partial charge in [-0.3, -0.25) is 29.3 Å². The van der Waals surface area contributed by atoms with Gasteiger partial charge in [-0.2, -0.15) is 5.01 Å². The third-order valence-corrected chi connectivity index (χ3v) is 8.81. The Hall–Kier alpha value is -4.90. The smallest absolute Gasteiger partial charge is 0.343 e. The summed E-state index contributed by atoms with van der Waals surface area (Å²) < 4.78 is 5.31. The highest BCUT2D eigenvalue weighted by atomic mass is 35.5. The minimum absolute atomic E-state index is 0.0473. The maximum Gasteiger partial charge on any atom is 0.343 e. The molecule has 1 heterocycles. The lowest BCUT2D eigenvalue weighted by molar-refractivity contribution is -0.384. The van der Waals surface area contributed by atoms with E-state index in [4.69, 9.17) is 16.3 Å². The van der Waals surface area contributed by atoms with E-state index in [1.54, 1.807) is 12.1 Å². The highest BCUT2D eigenvalue weighted by Gasteiger charge is 2.62. The van der Waals surface area contributed by atoms with E-state index in [1.807, 2.05) is 0 Å². The molecule has 43 heavy (non-hydrogen) atoms. The van der Waals surface area contributed by atoms with E-state index in [0.29, 0.717) is 0 Å². The second-order valence-corrected chi connectivity index (χ2v) is 11.3. The Morgan fingerprint density at radius 1 is 0.884 bits per heavy atom. The number of carbonyl (C=O) groups is 5. The number of benzene rings is 3. The van der Waals surface area contributed by atoms with Crippen molar-refractivity contribution in [3.8, 4) is 5.75 Å². The Bertz CT molecular complexity index is 1640. The first-order valence-corrected chi connectivity index (χ1v) is 14.1. The van der Waals surface area contributed by atoms with Crippen LogP contribution < -0.4 is 4.74 Å². The van der Waals surface area contributed by atoms with Gasteiger partial charge in [-0.25, -0.2) is 9.80 Å². The second-order valence-electron chi connectivity index (χ2n) is 10.9. The first kappa shape index (κ1) is 28.2. The molecule has 2 aliphatic carbocycles. The molecule has 4 atom stereocenters. The normalized spacial score (nSPS) is 21.9. The number of imide groups is 1. The summed E-state index contributed by atoms with van der Waals surface area (Å²) >= 11 is 6.28. The molecule has 11 nitrogen and oxygen atoms in total. The minimum atomic E-state index is -0.754. The highest BCUT2D eigenvalue weighted by Crippen LogP contribution is 2.56. The Morgan fingerprint density at radius 2 is 1.47 bits per heavy atom. The van der Waals surface area contributed by atoms with E-state index in [-0.39, 0.29) is 45.0 Å². The fourth-order valence-electron chi connectivity index (χ4n) is 6.46. The van der Waals surface area contributed by atoms with E-state index < -0.39 is 52.8 Å². The molecule has 2 bridgehead atoms. The van der Waals surface area contributed by atoms with Gasteiger partial charge in [-0.05, 0) is 79.6 Å². The summed E-state index contributed by atoms with van der Waals surface area (Å²) in [5.74, 6) is -3.70. The molecule has 2 saturated carbocycles. The summed E-state index contributed by atoms with van der Waals surface area (Å²) in [6, 6.07) is 16.6. The fourth-order valence-corrected chi connectivity index (χ4v) is 6.68. The van der Waals surface area contributed by atoms with Crippen molar-refractivity contribution in [1.82, 2.24) is 10.0 Å². The topological polar surface area (TPSA) is 144 Å². The van der Waals surface area contributed by atoms with Crippen LogP contribution in [0.2, 0.25) is 5.02 Å². The van der Waals surface area contributed by atoms with Gasteiger partial charge in [0.1, 0.15) is 12.3 Å². The van der Waals surface area contributed by atoms with Gasteiger partial charge in [0.2, 0.25) is 0 Å². The molecular formula is C31H24ClN3O8. The number of nitro benzene ring substituents is 1. The van der Waals surface area contributed by atoms with E-state index in [0.717, 1.165) is 29.3 Å². The Kier molecular flexibility index (Phi) is 7.26. The number of ether oxygens (including phenoxy) is 1. The largest absolute Gasteiger partial charge is 0.423 e. The molecule has 3 amide bonds. The lowest BCUT2D eigenvalue weighted by Gasteiger charge is -2.31. The zero-order valence-electron chi connectivity index (χ0n) is 22.6. The fraction of sp³-hybridized carbons (Fsp3) is 0.258. The Labute approximate surface area is 250 Å². The van der Waals surface area contributed by atoms with Crippen LogP contribution in [-0.2, 0) is 9.59 Å². The molecule has 3 aliphatic rings. The third-order valence-electron chi connectivity index (χ3n) is 8.48. The number of Topliss-reactive ketones (excluding diaryl/α,β-unsaturated/α-hetero) is 1. The summed E-state index contributed by atoms with van der Waals surface area (Å²) in [5, 5.41) is 12.7. The van der Waals surface area contributed by atoms with E-state index in [2.05, 4.69) is 0 Å². The number of ketones is 1. The van der Waals surface area contributed by atoms with Crippen LogP contribution in [0.3, 0.4) is 0 Å². The molecule has 3 fully saturated rings. The van der Waals surface area contributed by atoms with Crippen LogP contribution >= 0.6 is 11.6 Å². The van der Waals surface area contributed by atoms with Crippen LogP contribution in [0.5, 0.6) is 5.75 Å². The van der Waals surface area contributed by atoms with Gasteiger partial charge < -0.3 is 4.74 Å². The second kappa shape index (κ2) is 11.1. The van der Waals surface area contributed by atoms with Crippen molar-refractivity contribution in [2.24, 2.45) is 23.7 Å². The zero-order valence-corrected chi connectivity index (χ0v) is 23.3. The predicted octanol–water partition coefficient (Wildman–Crippen LogP) is 4.74. The number of amides is 3. The molecule has 0 N–H and O–H groups in total. The number of halogens is 1. The van der Waals surface area contributed by atoms with Crippen LogP contribution in [0.4, 0.5) is 5.69 Å². The Morgan fingerprint density at radius 3 is 2.05 bits per heavy atom. The van der Waals surface area contributed by atoms with E-state index in [1.165, 1.54) is 60.7 Å². The zero-order chi connectivity index (χ0) is 30.4. The van der Waals surface area contributed by atoms with Crippen LogP contribution in [0.25, 0.3) is 0 Å². The highest BCUT2D eigenvalue weighted by molar-refractivity contribution is 6.34. The lowest BCUT2D eigenvalue weighted by atomic mass is 9.81. The number of non-ortho nitro benzene ring substituents is 1. The molecule has 1 aliphatic heterocycles. The van der Waals surface area contributed by atoms with Gasteiger partial charge in [0.15, 0.2) is 5.78 Å². The van der Waals surface area contributed by atoms with Crippen LogP contribution in [-0.4, -0.2) is 51.0 Å². The van der Waals surface area contributed by atoms with Gasteiger partial charge in [-0.1, -0.05) is 23.7 Å². The molecule has 3 aromatic rings. The van der Waals surface area contributed by atoms with Gasteiger partial charge >= 0.3 is 5.97 Å². The molecule has 3 aromatic carbocycles. The van der Waals surface area contributed by atoms with Gasteiger partial charge in [0.05, 0.1) is 32.9 Å². The van der Waals surface area contributed by atoms with Crippen LogP contribution in [0, 0.1) is 33.8 Å². The average molecular weight is 602 g/mol. The van der Waals surface area contributed by atoms with Crippen molar-refractivity contribution >= 4 is 46.8 Å². The number of carbonyl (C=O) groups excluding carboxylic acids is 5. The Balaban J connectivity index is 1.22. The number of nitrogens with zero attached hydrogens (tertiary/aromatic N) is 3. The van der Waals surface area contributed by atoms with Crippen LogP contribution in [0.1, 0.15) is 50.3 Å². The number of hydrazine groups is 1. The van der Waals surface area contributed by atoms with Crippen molar-refractivity contribution in [2.75, 3.05) is 6.54 Å². The summed E-state index contributed by atoms with van der Waals surface area (Å²) in [6.45, 7) is -0.599. The van der Waals surface area contributed by atoms with Crippen molar-refractivity contribution in [1.29, 1.82) is 0 Å². The summed E-state index contributed by atoms with van der Waals surface area (Å²) in [7, 11) is 0. The van der Waals surface area contributed by atoms with Crippen LogP contribution in [0.15, 0.2) is 72.8 Å². The van der Waals surface area contributed by atoms with Crippen molar-refractivity contribution in [2.45, 2.75) is 19.3 Å². The molecule has 6 rings (SSSR count). The van der Waals surface area contributed by atoms with Gasteiger partial charge in [0, 0.05) is 17.7 Å². The number of hydrogen-bond acceptors (Lipinski definition) is 8. The quantitative estimate of drug-likeness (QED) is 0.0899. The van der Waals surface area contributed by atoms with Crippen molar-refractivity contribution in [3.05, 3.63) is 105 Å². The maximum absolute atomic E-state index is 13.7. The SMILES string of the molecule is O=C(CN(C(=O)c1ccccc1Cl)N1C(=O)[C@@H]2[C@H]3CC[C@@H](C3)[C@@H]2C1=O)c1ccc(OC(=O)c2ccc([N+](=O)[O-])cc2)cc1. The van der Waals surface area contributed by atoms with E-state index >= 15 is 0 Å². The molecule has 0 radical (unpaired) electrons. The first-order chi connectivity index (χ1) is 20.6. The van der Waals surface area contributed by atoms with Gasteiger partial charge in [0.25, 0.3) is 23.4 Å². The van der Waals surface area contributed by atoms with Crippen molar-refractivity contribution in [3.63, 3.8) is 0 Å². The minimum Gasteiger partial charge on any atom is -0.423 e. The number of hydrogen-bond donors (Lipinski definition) is 0. The third kappa shape index (κ3) is 5.05. The van der Waals surface area contributed by atoms with Gasteiger partial charge in [-0.15, -0.1) is 0 Å². The summed E-state index contributed by atoms with van der Waals surface area (Å²) in [6.07, 6.45) is 2.54. The number of rotatable bonds is 8. The first-order valence-electron chi connectivity index (χ1n) is 13.7.